The van der Waals surface area contributed by atoms with E-state index < -0.39 is 11.8 Å². The first-order chi connectivity index (χ1) is 9.47. The number of rotatable bonds is 5. The van der Waals surface area contributed by atoms with Crippen LogP contribution in [0.25, 0.3) is 0 Å². The summed E-state index contributed by atoms with van der Waals surface area (Å²) in [7, 11) is 0. The van der Waals surface area contributed by atoms with Crippen molar-refractivity contribution < 1.29 is 14.3 Å². The Kier molecular flexibility index (Phi) is 5.94. The van der Waals surface area contributed by atoms with E-state index in [1.54, 1.807) is 0 Å². The fraction of sp³-hybridized carbons (Fsp3) is 0.429. The topological polar surface area (TPSA) is 85.2 Å². The fourth-order valence-corrected chi connectivity index (χ4v) is 1.76. The number of benzene rings is 1. The molecule has 1 rings (SSSR count). The molecule has 5 nitrogen and oxygen atoms in total. The number of hydrogen-bond donors (Lipinski definition) is 3. The Labute approximate surface area is 117 Å². The Bertz CT molecular complexity index is 512. The molecule has 0 heterocycles. The van der Waals surface area contributed by atoms with Crippen LogP contribution in [0, 0.1) is 23.1 Å². The zero-order valence-corrected chi connectivity index (χ0v) is 11.5. The van der Waals surface area contributed by atoms with E-state index in [1.165, 1.54) is 12.1 Å². The van der Waals surface area contributed by atoms with Gasteiger partial charge in [-0.2, -0.15) is 5.26 Å². The van der Waals surface area contributed by atoms with Gasteiger partial charge in [0.2, 0.25) is 0 Å². The van der Waals surface area contributed by atoms with E-state index in [9.17, 15) is 9.18 Å². The second-order valence-electron chi connectivity index (χ2n) is 4.76. The van der Waals surface area contributed by atoms with E-state index >= 15 is 0 Å². The van der Waals surface area contributed by atoms with Crippen LogP contribution in [-0.2, 0) is 0 Å². The van der Waals surface area contributed by atoms with Crippen LogP contribution < -0.4 is 10.6 Å². The lowest BCUT2D eigenvalue weighted by Crippen LogP contribution is -2.41. The van der Waals surface area contributed by atoms with Crippen molar-refractivity contribution in [1.82, 2.24) is 5.32 Å². The second kappa shape index (κ2) is 7.46. The highest BCUT2D eigenvalue weighted by atomic mass is 19.1. The van der Waals surface area contributed by atoms with Gasteiger partial charge in [-0.15, -0.1) is 0 Å². The Hall–Kier alpha value is -2.13. The number of nitrogens with one attached hydrogen (secondary N) is 2. The maximum atomic E-state index is 13.0. The lowest BCUT2D eigenvalue weighted by atomic mass is 10.0. The number of carbonyl (C=O) groups is 1. The molecular formula is C14H18FN3O2. The van der Waals surface area contributed by atoms with E-state index in [0.29, 0.717) is 6.42 Å². The average Bonchev–Trinajstić information content (AvgIpc) is 2.40. The van der Waals surface area contributed by atoms with Crippen molar-refractivity contribution in [3.63, 3.8) is 0 Å². The average molecular weight is 279 g/mol. The number of nitriles is 1. The predicted molar refractivity (Wildman–Crippen MR) is 73.6 cm³/mol. The zero-order chi connectivity index (χ0) is 15.1. The Morgan fingerprint density at radius 2 is 2.20 bits per heavy atom. The van der Waals surface area contributed by atoms with Crippen molar-refractivity contribution in [2.24, 2.45) is 5.92 Å². The Balaban J connectivity index is 2.73. The van der Waals surface area contributed by atoms with Crippen molar-refractivity contribution >= 4 is 11.7 Å². The predicted octanol–water partition coefficient (Wildman–Crippen LogP) is 2.23. The van der Waals surface area contributed by atoms with Gasteiger partial charge in [-0.05, 0) is 30.5 Å². The largest absolute Gasteiger partial charge is 0.396 e. The molecule has 0 saturated carbocycles. The molecule has 3 N–H and O–H groups in total. The van der Waals surface area contributed by atoms with Crippen LogP contribution in [0.15, 0.2) is 18.2 Å². The SMILES string of the molecule is CC(C)C(CCO)NC(=O)Nc1ccc(F)cc1C#N. The van der Waals surface area contributed by atoms with E-state index in [1.807, 2.05) is 19.9 Å². The summed E-state index contributed by atoms with van der Waals surface area (Å²) in [5.41, 5.74) is 0.307. The molecule has 0 fully saturated rings. The van der Waals surface area contributed by atoms with Crippen LogP contribution in [0.2, 0.25) is 0 Å². The van der Waals surface area contributed by atoms with Gasteiger partial charge in [-0.25, -0.2) is 9.18 Å². The van der Waals surface area contributed by atoms with Crippen LogP contribution >= 0.6 is 0 Å². The molecule has 0 spiro atoms. The third kappa shape index (κ3) is 4.52. The van der Waals surface area contributed by atoms with Crippen LogP contribution in [0.1, 0.15) is 25.8 Å². The molecule has 20 heavy (non-hydrogen) atoms. The highest BCUT2D eigenvalue weighted by Crippen LogP contribution is 2.16. The van der Waals surface area contributed by atoms with Gasteiger partial charge in [0.1, 0.15) is 11.9 Å². The standard InChI is InChI=1S/C14H18FN3O2/c1-9(2)12(5-6-19)17-14(20)18-13-4-3-11(15)7-10(13)8-16/h3-4,7,9,12,19H,5-6H2,1-2H3,(H2,17,18,20). The van der Waals surface area contributed by atoms with Crippen LogP contribution in [0.4, 0.5) is 14.9 Å². The summed E-state index contributed by atoms with van der Waals surface area (Å²) < 4.78 is 13.0. The number of nitrogens with zero attached hydrogens (tertiary/aromatic N) is 1. The normalized spacial score (nSPS) is 11.8. The number of halogens is 1. The maximum Gasteiger partial charge on any atom is 0.319 e. The minimum absolute atomic E-state index is 0.0247. The summed E-state index contributed by atoms with van der Waals surface area (Å²) in [6.07, 6.45) is 0.444. The van der Waals surface area contributed by atoms with Gasteiger partial charge < -0.3 is 15.7 Å². The number of hydrogen-bond acceptors (Lipinski definition) is 3. The molecule has 0 saturated heterocycles. The van der Waals surface area contributed by atoms with Gasteiger partial charge in [0.25, 0.3) is 0 Å². The van der Waals surface area contributed by atoms with Crippen LogP contribution in [-0.4, -0.2) is 23.8 Å². The van der Waals surface area contributed by atoms with Crippen LogP contribution in [0.3, 0.4) is 0 Å². The van der Waals surface area contributed by atoms with Gasteiger partial charge in [-0.1, -0.05) is 13.8 Å². The number of urea groups is 1. The van der Waals surface area contributed by atoms with Gasteiger partial charge in [-0.3, -0.25) is 0 Å². The Morgan fingerprint density at radius 1 is 1.50 bits per heavy atom. The quantitative estimate of drug-likeness (QED) is 0.772. The third-order valence-electron chi connectivity index (χ3n) is 2.91. The molecule has 1 unspecified atom stereocenters. The lowest BCUT2D eigenvalue weighted by Gasteiger charge is -2.21. The molecular weight excluding hydrogens is 261 g/mol. The van der Waals surface area contributed by atoms with Crippen molar-refractivity contribution in [3.8, 4) is 6.07 Å². The number of carbonyl (C=O) groups excluding carboxylic acids is 1. The van der Waals surface area contributed by atoms with Crippen molar-refractivity contribution in [3.05, 3.63) is 29.6 Å². The third-order valence-corrected chi connectivity index (χ3v) is 2.91. The summed E-state index contributed by atoms with van der Waals surface area (Å²) in [4.78, 5) is 11.8. The summed E-state index contributed by atoms with van der Waals surface area (Å²) >= 11 is 0. The van der Waals surface area contributed by atoms with Gasteiger partial charge in [0.15, 0.2) is 0 Å². The molecule has 0 aromatic heterocycles. The first kappa shape index (κ1) is 15.9. The summed E-state index contributed by atoms with van der Waals surface area (Å²) in [5, 5.41) is 23.1. The van der Waals surface area contributed by atoms with Crippen molar-refractivity contribution in [2.75, 3.05) is 11.9 Å². The molecule has 1 aromatic rings. The lowest BCUT2D eigenvalue weighted by molar-refractivity contribution is 0.227. The molecule has 2 amide bonds. The highest BCUT2D eigenvalue weighted by Gasteiger charge is 2.16. The maximum absolute atomic E-state index is 13.0. The molecule has 0 radical (unpaired) electrons. The molecule has 0 aliphatic carbocycles. The van der Waals surface area contributed by atoms with E-state index in [0.717, 1.165) is 6.07 Å². The monoisotopic (exact) mass is 279 g/mol. The second-order valence-corrected chi connectivity index (χ2v) is 4.76. The zero-order valence-electron chi connectivity index (χ0n) is 11.5. The minimum Gasteiger partial charge on any atom is -0.396 e. The number of anilines is 1. The van der Waals surface area contributed by atoms with E-state index in [4.69, 9.17) is 10.4 Å². The summed E-state index contributed by atoms with van der Waals surface area (Å²) in [6.45, 7) is 3.83. The first-order valence-corrected chi connectivity index (χ1v) is 6.36. The molecule has 6 heteroatoms. The fourth-order valence-electron chi connectivity index (χ4n) is 1.76. The molecule has 108 valence electrons. The van der Waals surface area contributed by atoms with Crippen molar-refractivity contribution in [1.29, 1.82) is 5.26 Å². The molecule has 1 aromatic carbocycles. The van der Waals surface area contributed by atoms with Gasteiger partial charge in [0, 0.05) is 12.6 Å². The van der Waals surface area contributed by atoms with Gasteiger partial charge >= 0.3 is 6.03 Å². The molecule has 0 aliphatic heterocycles. The molecule has 0 aliphatic rings. The Morgan fingerprint density at radius 3 is 2.75 bits per heavy atom. The smallest absolute Gasteiger partial charge is 0.319 e. The van der Waals surface area contributed by atoms with Gasteiger partial charge in [0.05, 0.1) is 11.3 Å². The number of aliphatic hydroxyl groups excluding tert-OH is 1. The molecule has 1 atom stereocenters. The van der Waals surface area contributed by atoms with E-state index in [2.05, 4.69) is 10.6 Å². The minimum atomic E-state index is -0.534. The first-order valence-electron chi connectivity index (χ1n) is 6.36. The summed E-state index contributed by atoms with van der Waals surface area (Å²) in [6, 6.07) is 4.73. The summed E-state index contributed by atoms with van der Waals surface area (Å²) in [5.74, 6) is -0.371. The number of aliphatic hydroxyl groups is 1. The number of amides is 2. The molecule has 0 bridgehead atoms. The van der Waals surface area contributed by atoms with Crippen LogP contribution in [0.5, 0.6) is 0 Å². The highest BCUT2D eigenvalue weighted by molar-refractivity contribution is 5.90. The van der Waals surface area contributed by atoms with E-state index in [-0.39, 0.29) is 29.8 Å². The van der Waals surface area contributed by atoms with Crippen molar-refractivity contribution in [2.45, 2.75) is 26.3 Å².